The fourth-order valence-corrected chi connectivity index (χ4v) is 4.46. The molecule has 25 heavy (non-hydrogen) atoms. The van der Waals surface area contributed by atoms with E-state index in [-0.39, 0.29) is 6.04 Å². The molecule has 4 aromatic rings. The summed E-state index contributed by atoms with van der Waals surface area (Å²) in [6, 6.07) is 13.3. The van der Waals surface area contributed by atoms with Crippen molar-refractivity contribution in [3.63, 3.8) is 0 Å². The smallest absolute Gasteiger partial charge is 0.100 e. The third-order valence-corrected chi connectivity index (χ3v) is 5.77. The first kappa shape index (κ1) is 14.8. The molecular weight excluding hydrogens is 328 g/mol. The first-order valence-corrected chi connectivity index (χ1v) is 9.41. The highest BCUT2D eigenvalue weighted by atomic mass is 32.1. The third kappa shape index (κ3) is 2.39. The Morgan fingerprint density at radius 2 is 2.00 bits per heavy atom. The topological polar surface area (TPSA) is 42.7 Å². The maximum Gasteiger partial charge on any atom is 0.100 e. The summed E-state index contributed by atoms with van der Waals surface area (Å²) >= 11 is 1.78. The number of hydrogen-bond acceptors (Lipinski definition) is 4. The van der Waals surface area contributed by atoms with Crippen molar-refractivity contribution < 1.29 is 0 Å². The zero-order valence-electron chi connectivity index (χ0n) is 13.9. The predicted molar refractivity (Wildman–Crippen MR) is 103 cm³/mol. The Morgan fingerprint density at radius 3 is 2.88 bits per heavy atom. The zero-order valence-corrected chi connectivity index (χ0v) is 14.8. The number of aromatic nitrogens is 3. The van der Waals surface area contributed by atoms with Gasteiger partial charge in [0.2, 0.25) is 0 Å². The highest BCUT2D eigenvalue weighted by Crippen LogP contribution is 2.39. The molecule has 0 radical (unpaired) electrons. The lowest BCUT2D eigenvalue weighted by molar-refractivity contribution is 0.421. The average molecular weight is 346 g/mol. The lowest BCUT2D eigenvalue weighted by atomic mass is 9.96. The van der Waals surface area contributed by atoms with Gasteiger partial charge in [-0.25, -0.2) is 0 Å². The van der Waals surface area contributed by atoms with Crippen molar-refractivity contribution in [1.82, 2.24) is 20.1 Å². The minimum absolute atomic E-state index is 0.281. The molecular formula is C20H18N4S. The lowest BCUT2D eigenvalue weighted by Crippen LogP contribution is -2.32. The van der Waals surface area contributed by atoms with Crippen molar-refractivity contribution in [3.8, 4) is 22.4 Å². The molecule has 4 nitrogen and oxygen atoms in total. The number of nitrogens with one attached hydrogen (secondary N) is 1. The van der Waals surface area contributed by atoms with Gasteiger partial charge in [0.05, 0.1) is 12.2 Å². The van der Waals surface area contributed by atoms with Crippen LogP contribution >= 0.6 is 11.3 Å². The monoisotopic (exact) mass is 346 g/mol. The molecule has 0 unspecified atom stereocenters. The number of rotatable bonds is 2. The van der Waals surface area contributed by atoms with Crippen LogP contribution < -0.4 is 5.32 Å². The van der Waals surface area contributed by atoms with Crippen molar-refractivity contribution in [1.29, 1.82) is 0 Å². The summed E-state index contributed by atoms with van der Waals surface area (Å²) in [5.41, 5.74) is 5.89. The number of fused-ring (bicyclic) bond motifs is 2. The van der Waals surface area contributed by atoms with E-state index in [0.717, 1.165) is 18.8 Å². The van der Waals surface area contributed by atoms with E-state index in [1.54, 1.807) is 11.3 Å². The Morgan fingerprint density at radius 1 is 1.12 bits per heavy atom. The number of hydrogen-bond donors (Lipinski definition) is 1. The molecule has 1 aromatic carbocycles. The van der Waals surface area contributed by atoms with Crippen LogP contribution in [-0.2, 0) is 6.54 Å². The summed E-state index contributed by atoms with van der Waals surface area (Å²) in [6.45, 7) is 4.07. The molecule has 0 bridgehead atoms. The highest BCUT2D eigenvalue weighted by Gasteiger charge is 2.26. The second-order valence-corrected chi connectivity index (χ2v) is 7.36. The van der Waals surface area contributed by atoms with Gasteiger partial charge in [0.25, 0.3) is 0 Å². The van der Waals surface area contributed by atoms with Crippen molar-refractivity contribution in [2.24, 2.45) is 0 Å². The minimum atomic E-state index is 0.281. The van der Waals surface area contributed by atoms with E-state index >= 15 is 0 Å². The van der Waals surface area contributed by atoms with E-state index in [1.807, 2.05) is 12.4 Å². The van der Waals surface area contributed by atoms with Gasteiger partial charge in [0, 0.05) is 40.8 Å². The van der Waals surface area contributed by atoms with Gasteiger partial charge >= 0.3 is 0 Å². The van der Waals surface area contributed by atoms with Crippen LogP contribution in [0.25, 0.3) is 32.5 Å². The van der Waals surface area contributed by atoms with Gasteiger partial charge in [0.1, 0.15) is 5.69 Å². The largest absolute Gasteiger partial charge is 0.307 e. The van der Waals surface area contributed by atoms with Crippen molar-refractivity contribution >= 4 is 21.4 Å². The molecule has 0 saturated carbocycles. The average Bonchev–Trinajstić information content (AvgIpc) is 3.26. The molecule has 3 aromatic heterocycles. The van der Waals surface area contributed by atoms with Crippen LogP contribution in [0, 0.1) is 0 Å². The van der Waals surface area contributed by atoms with Crippen LogP contribution in [0.1, 0.15) is 18.7 Å². The Bertz CT molecular complexity index is 1050. The molecule has 5 rings (SSSR count). The predicted octanol–water partition coefficient (Wildman–Crippen LogP) is 4.49. The van der Waals surface area contributed by atoms with Crippen LogP contribution in [0.2, 0.25) is 0 Å². The van der Waals surface area contributed by atoms with Crippen LogP contribution in [-0.4, -0.2) is 21.3 Å². The Balaban J connectivity index is 1.78. The van der Waals surface area contributed by atoms with Crippen molar-refractivity contribution in [3.05, 3.63) is 59.9 Å². The van der Waals surface area contributed by atoms with Crippen LogP contribution in [0.15, 0.2) is 54.2 Å². The second kappa shape index (κ2) is 5.79. The SMILES string of the molecule is C[C@H]1NCCn2nc(-c3ccc4sccc4c3)c(-c3ccncc3)c21. The molecule has 1 N–H and O–H groups in total. The number of nitrogens with zero attached hydrogens (tertiary/aromatic N) is 3. The van der Waals surface area contributed by atoms with E-state index in [9.17, 15) is 0 Å². The number of thiophene rings is 1. The molecule has 0 spiro atoms. The van der Waals surface area contributed by atoms with E-state index in [2.05, 4.69) is 63.7 Å². The fourth-order valence-electron chi connectivity index (χ4n) is 3.69. The third-order valence-electron chi connectivity index (χ3n) is 4.87. The molecule has 0 aliphatic carbocycles. The van der Waals surface area contributed by atoms with Crippen LogP contribution in [0.5, 0.6) is 0 Å². The molecule has 1 atom stereocenters. The molecule has 0 fully saturated rings. The highest BCUT2D eigenvalue weighted by molar-refractivity contribution is 7.17. The van der Waals surface area contributed by atoms with Gasteiger partial charge < -0.3 is 5.32 Å². The molecule has 5 heteroatoms. The molecule has 0 saturated heterocycles. The van der Waals surface area contributed by atoms with E-state index in [1.165, 1.54) is 32.5 Å². The van der Waals surface area contributed by atoms with E-state index in [0.29, 0.717) is 0 Å². The summed E-state index contributed by atoms with van der Waals surface area (Å²) in [5, 5.41) is 12.0. The molecule has 1 aliphatic rings. The number of benzene rings is 1. The lowest BCUT2D eigenvalue weighted by Gasteiger charge is -2.23. The normalized spacial score (nSPS) is 16.9. The Labute approximate surface area is 150 Å². The summed E-state index contributed by atoms with van der Waals surface area (Å²) in [7, 11) is 0. The minimum Gasteiger partial charge on any atom is -0.307 e. The van der Waals surface area contributed by atoms with Gasteiger partial charge in [-0.05, 0) is 53.6 Å². The summed E-state index contributed by atoms with van der Waals surface area (Å²) < 4.78 is 3.48. The Kier molecular flexibility index (Phi) is 3.43. The fraction of sp³-hybridized carbons (Fsp3) is 0.200. The van der Waals surface area contributed by atoms with Gasteiger partial charge in [-0.15, -0.1) is 11.3 Å². The van der Waals surface area contributed by atoms with Crippen molar-refractivity contribution in [2.45, 2.75) is 19.5 Å². The van der Waals surface area contributed by atoms with Crippen LogP contribution in [0.4, 0.5) is 0 Å². The van der Waals surface area contributed by atoms with E-state index in [4.69, 9.17) is 5.10 Å². The van der Waals surface area contributed by atoms with Crippen LogP contribution in [0.3, 0.4) is 0 Å². The number of pyridine rings is 1. The molecule has 0 amide bonds. The quantitative estimate of drug-likeness (QED) is 0.581. The summed E-state index contributed by atoms with van der Waals surface area (Å²) in [4.78, 5) is 4.18. The van der Waals surface area contributed by atoms with E-state index < -0.39 is 0 Å². The van der Waals surface area contributed by atoms with Gasteiger partial charge in [-0.2, -0.15) is 5.10 Å². The molecule has 1 aliphatic heterocycles. The second-order valence-electron chi connectivity index (χ2n) is 6.42. The standard InChI is InChI=1S/C20H18N4S/c1-13-20-18(14-4-7-21-8-5-14)19(23-24(20)10-9-22-13)16-2-3-17-15(12-16)6-11-25-17/h2-8,11-13,22H,9-10H2,1H3/t13-/m1/s1. The van der Waals surface area contributed by atoms with Gasteiger partial charge in [0.15, 0.2) is 0 Å². The maximum absolute atomic E-state index is 5.00. The molecule has 4 heterocycles. The Hall–Kier alpha value is -2.50. The first-order chi connectivity index (χ1) is 12.3. The maximum atomic E-state index is 5.00. The summed E-state index contributed by atoms with van der Waals surface area (Å²) in [5.74, 6) is 0. The molecule has 124 valence electrons. The first-order valence-electron chi connectivity index (χ1n) is 8.53. The zero-order chi connectivity index (χ0) is 16.8. The van der Waals surface area contributed by atoms with Gasteiger partial charge in [-0.1, -0.05) is 6.07 Å². The van der Waals surface area contributed by atoms with Crippen molar-refractivity contribution in [2.75, 3.05) is 6.54 Å². The summed E-state index contributed by atoms with van der Waals surface area (Å²) in [6.07, 6.45) is 3.71. The van der Waals surface area contributed by atoms with Gasteiger partial charge in [-0.3, -0.25) is 9.67 Å².